The Balaban J connectivity index is 1.67. The van der Waals surface area contributed by atoms with E-state index in [0.29, 0.717) is 23.9 Å². The van der Waals surface area contributed by atoms with Crippen molar-refractivity contribution in [3.63, 3.8) is 0 Å². The van der Waals surface area contributed by atoms with Crippen molar-refractivity contribution in [2.45, 2.75) is 6.54 Å². The van der Waals surface area contributed by atoms with Gasteiger partial charge in [-0.3, -0.25) is 0 Å². The molecule has 0 unspecified atom stereocenters. The maximum Gasteiger partial charge on any atom is 0.247 e. The molecule has 0 spiro atoms. The predicted octanol–water partition coefficient (Wildman–Crippen LogP) is 4.25. The molecule has 4 nitrogen and oxygen atoms in total. The maximum atomic E-state index is 12.9. The van der Waals surface area contributed by atoms with E-state index in [9.17, 15) is 4.39 Å². The maximum absolute atomic E-state index is 12.9. The van der Waals surface area contributed by atoms with Crippen LogP contribution in [-0.4, -0.2) is 10.2 Å². The molecule has 2 aromatic carbocycles. The molecule has 21 heavy (non-hydrogen) atoms. The van der Waals surface area contributed by atoms with E-state index < -0.39 is 0 Å². The summed E-state index contributed by atoms with van der Waals surface area (Å²) in [5.41, 5.74) is 1.65. The highest BCUT2D eigenvalue weighted by molar-refractivity contribution is 9.10. The molecule has 1 heterocycles. The van der Waals surface area contributed by atoms with Gasteiger partial charge in [-0.15, -0.1) is 10.2 Å². The van der Waals surface area contributed by atoms with E-state index in [4.69, 9.17) is 4.42 Å². The smallest absolute Gasteiger partial charge is 0.247 e. The summed E-state index contributed by atoms with van der Waals surface area (Å²) >= 11 is 3.38. The normalized spacial score (nSPS) is 10.6. The van der Waals surface area contributed by atoms with Gasteiger partial charge in [-0.25, -0.2) is 4.39 Å². The van der Waals surface area contributed by atoms with Crippen LogP contribution in [0.2, 0.25) is 0 Å². The Labute approximate surface area is 129 Å². The fraction of sp³-hybridized carbons (Fsp3) is 0.0667. The van der Waals surface area contributed by atoms with Gasteiger partial charge in [-0.1, -0.05) is 15.9 Å². The Morgan fingerprint density at radius 3 is 2.43 bits per heavy atom. The van der Waals surface area contributed by atoms with Crippen molar-refractivity contribution in [3.8, 4) is 11.5 Å². The fourth-order valence-electron chi connectivity index (χ4n) is 1.78. The SMILES string of the molecule is Fc1ccc(-c2nnc(CNc3ccc(Br)cc3)o2)cc1. The lowest BCUT2D eigenvalue weighted by Crippen LogP contribution is -1.99. The first-order valence-corrected chi connectivity index (χ1v) is 7.08. The van der Waals surface area contributed by atoms with Gasteiger partial charge in [-0.05, 0) is 48.5 Å². The van der Waals surface area contributed by atoms with Gasteiger partial charge in [-0.2, -0.15) is 0 Å². The molecule has 3 rings (SSSR count). The van der Waals surface area contributed by atoms with Crippen molar-refractivity contribution >= 4 is 21.6 Å². The minimum absolute atomic E-state index is 0.296. The quantitative estimate of drug-likeness (QED) is 0.766. The minimum atomic E-state index is -0.296. The zero-order valence-electron chi connectivity index (χ0n) is 10.9. The highest BCUT2D eigenvalue weighted by atomic mass is 79.9. The summed E-state index contributed by atoms with van der Waals surface area (Å²) in [4.78, 5) is 0. The summed E-state index contributed by atoms with van der Waals surface area (Å²) < 4.78 is 19.4. The van der Waals surface area contributed by atoms with Crippen LogP contribution in [-0.2, 0) is 6.54 Å². The predicted molar refractivity (Wildman–Crippen MR) is 81.2 cm³/mol. The van der Waals surface area contributed by atoms with Gasteiger partial charge in [0.15, 0.2) is 0 Å². The highest BCUT2D eigenvalue weighted by Crippen LogP contribution is 2.19. The molecule has 0 atom stereocenters. The molecule has 3 aromatic rings. The Bertz CT molecular complexity index is 725. The number of hydrogen-bond donors (Lipinski definition) is 1. The van der Waals surface area contributed by atoms with Gasteiger partial charge in [0.05, 0.1) is 6.54 Å². The lowest BCUT2D eigenvalue weighted by Gasteiger charge is -2.02. The van der Waals surface area contributed by atoms with E-state index in [1.165, 1.54) is 12.1 Å². The third-order valence-corrected chi connectivity index (χ3v) is 3.37. The molecule has 1 aromatic heterocycles. The Hall–Kier alpha value is -2.21. The highest BCUT2D eigenvalue weighted by Gasteiger charge is 2.08. The number of nitrogens with one attached hydrogen (secondary N) is 1. The molecule has 0 bridgehead atoms. The van der Waals surface area contributed by atoms with Crippen molar-refractivity contribution < 1.29 is 8.81 Å². The third-order valence-electron chi connectivity index (χ3n) is 2.85. The zero-order chi connectivity index (χ0) is 14.7. The molecular weight excluding hydrogens is 337 g/mol. The van der Waals surface area contributed by atoms with Crippen LogP contribution in [0.1, 0.15) is 5.89 Å². The molecule has 0 amide bonds. The van der Waals surface area contributed by atoms with Gasteiger partial charge < -0.3 is 9.73 Å². The van der Waals surface area contributed by atoms with Gasteiger partial charge in [0.25, 0.3) is 0 Å². The average molecular weight is 348 g/mol. The molecule has 0 fully saturated rings. The van der Waals surface area contributed by atoms with Crippen LogP contribution in [0, 0.1) is 5.82 Å². The second kappa shape index (κ2) is 6.05. The van der Waals surface area contributed by atoms with Gasteiger partial charge in [0.1, 0.15) is 5.82 Å². The molecule has 0 aliphatic carbocycles. The fourth-order valence-corrected chi connectivity index (χ4v) is 2.04. The van der Waals surface area contributed by atoms with Crippen LogP contribution in [0.4, 0.5) is 10.1 Å². The van der Waals surface area contributed by atoms with E-state index in [0.717, 1.165) is 10.2 Å². The van der Waals surface area contributed by atoms with Crippen molar-refractivity contribution in [1.29, 1.82) is 0 Å². The molecule has 1 N–H and O–H groups in total. The lowest BCUT2D eigenvalue weighted by molar-refractivity contribution is 0.515. The standard InChI is InChI=1S/C15H11BrFN3O/c16-11-3-7-13(8-4-11)18-9-14-19-20-15(21-14)10-1-5-12(17)6-2-10/h1-8,18H,9H2. The minimum Gasteiger partial charge on any atom is -0.419 e. The van der Waals surface area contributed by atoms with E-state index in [-0.39, 0.29) is 5.82 Å². The van der Waals surface area contributed by atoms with Gasteiger partial charge in [0, 0.05) is 15.7 Å². The van der Waals surface area contributed by atoms with E-state index in [2.05, 4.69) is 31.4 Å². The Morgan fingerprint density at radius 2 is 1.71 bits per heavy atom. The second-order valence-corrected chi connectivity index (χ2v) is 5.28. The van der Waals surface area contributed by atoms with Gasteiger partial charge >= 0.3 is 0 Å². The molecule has 106 valence electrons. The van der Waals surface area contributed by atoms with Crippen LogP contribution < -0.4 is 5.32 Å². The second-order valence-electron chi connectivity index (χ2n) is 4.37. The first-order chi connectivity index (χ1) is 10.2. The lowest BCUT2D eigenvalue weighted by atomic mass is 10.2. The monoisotopic (exact) mass is 347 g/mol. The largest absolute Gasteiger partial charge is 0.419 e. The Morgan fingerprint density at radius 1 is 1.00 bits per heavy atom. The summed E-state index contributed by atoms with van der Waals surface area (Å²) in [7, 11) is 0. The summed E-state index contributed by atoms with van der Waals surface area (Å²) in [5.74, 6) is 0.551. The third kappa shape index (κ3) is 3.46. The number of benzene rings is 2. The molecule has 6 heteroatoms. The van der Waals surface area contributed by atoms with Crippen molar-refractivity contribution in [2.24, 2.45) is 0 Å². The molecule has 0 aliphatic rings. The summed E-state index contributed by atoms with van der Waals surface area (Å²) in [5, 5.41) is 11.1. The average Bonchev–Trinajstić information content (AvgIpc) is 2.96. The summed E-state index contributed by atoms with van der Waals surface area (Å²) in [6, 6.07) is 13.7. The topological polar surface area (TPSA) is 51.0 Å². The van der Waals surface area contributed by atoms with Crippen LogP contribution >= 0.6 is 15.9 Å². The molecule has 0 saturated heterocycles. The van der Waals surface area contributed by atoms with Crippen molar-refractivity contribution in [2.75, 3.05) is 5.32 Å². The Kier molecular flexibility index (Phi) is 3.96. The first-order valence-electron chi connectivity index (χ1n) is 6.28. The summed E-state index contributed by atoms with van der Waals surface area (Å²) in [6.07, 6.45) is 0. The van der Waals surface area contributed by atoms with Crippen LogP contribution in [0.15, 0.2) is 57.4 Å². The number of hydrogen-bond acceptors (Lipinski definition) is 4. The number of halogens is 2. The van der Waals surface area contributed by atoms with Crippen molar-refractivity contribution in [1.82, 2.24) is 10.2 Å². The van der Waals surface area contributed by atoms with E-state index in [1.54, 1.807) is 12.1 Å². The van der Waals surface area contributed by atoms with Gasteiger partial charge in [0.2, 0.25) is 11.8 Å². The van der Waals surface area contributed by atoms with Crippen LogP contribution in [0.25, 0.3) is 11.5 Å². The number of anilines is 1. The molecule has 0 aliphatic heterocycles. The zero-order valence-corrected chi connectivity index (χ0v) is 12.5. The number of nitrogens with zero attached hydrogens (tertiary/aromatic N) is 2. The van der Waals surface area contributed by atoms with E-state index >= 15 is 0 Å². The molecular formula is C15H11BrFN3O. The summed E-state index contributed by atoms with van der Waals surface area (Å²) in [6.45, 7) is 0.426. The molecule has 0 saturated carbocycles. The first kappa shape index (κ1) is 13.8. The van der Waals surface area contributed by atoms with Crippen LogP contribution in [0.5, 0.6) is 0 Å². The number of aromatic nitrogens is 2. The van der Waals surface area contributed by atoms with Crippen LogP contribution in [0.3, 0.4) is 0 Å². The molecule has 0 radical (unpaired) electrons. The van der Waals surface area contributed by atoms with Crippen molar-refractivity contribution in [3.05, 3.63) is 64.7 Å². The van der Waals surface area contributed by atoms with E-state index in [1.807, 2.05) is 24.3 Å². The number of rotatable bonds is 4.